The highest BCUT2D eigenvalue weighted by Gasteiger charge is 2.01. The summed E-state index contributed by atoms with van der Waals surface area (Å²) >= 11 is 0. The van der Waals surface area contributed by atoms with Crippen LogP contribution in [0.3, 0.4) is 0 Å². The maximum Gasteiger partial charge on any atom is 0.322 e. The number of aryl methyl sites for hydroxylation is 1. The highest BCUT2D eigenvalue weighted by Crippen LogP contribution is 2.01. The summed E-state index contributed by atoms with van der Waals surface area (Å²) < 4.78 is 0. The van der Waals surface area contributed by atoms with E-state index < -0.39 is 12.1 Å². The molecule has 0 aliphatic carbocycles. The number of primary amides is 1. The van der Waals surface area contributed by atoms with Crippen LogP contribution in [0.2, 0.25) is 0 Å². The molecule has 0 unspecified atom stereocenters. The average molecular weight is 221 g/mol. The Hall–Kier alpha value is -2.04. The van der Waals surface area contributed by atoms with E-state index in [0.29, 0.717) is 6.54 Å². The molecule has 1 aromatic carbocycles. The van der Waals surface area contributed by atoms with Crippen molar-refractivity contribution < 1.29 is 9.59 Å². The molecule has 16 heavy (non-hydrogen) atoms. The fourth-order valence-corrected chi connectivity index (χ4v) is 1.30. The van der Waals surface area contributed by atoms with E-state index in [0.717, 1.165) is 12.8 Å². The lowest BCUT2D eigenvalue weighted by Crippen LogP contribution is -2.42. The zero-order chi connectivity index (χ0) is 11.8. The van der Waals surface area contributed by atoms with Crippen LogP contribution in [0.1, 0.15) is 12.0 Å². The quantitative estimate of drug-likeness (QED) is 0.662. The molecule has 4 amide bonds. The van der Waals surface area contributed by atoms with Gasteiger partial charge in [0.1, 0.15) is 0 Å². The third kappa shape index (κ3) is 4.99. The number of hydrogen-bond donors (Lipinski definition) is 3. The van der Waals surface area contributed by atoms with Crippen molar-refractivity contribution >= 4 is 12.1 Å². The topological polar surface area (TPSA) is 84.2 Å². The number of carbonyl (C=O) groups is 2. The summed E-state index contributed by atoms with van der Waals surface area (Å²) in [5, 5.41) is 4.46. The monoisotopic (exact) mass is 221 g/mol. The maximum absolute atomic E-state index is 10.9. The van der Waals surface area contributed by atoms with Gasteiger partial charge < -0.3 is 11.1 Å². The Morgan fingerprint density at radius 1 is 1.19 bits per heavy atom. The molecule has 0 atom stereocenters. The number of amides is 4. The normalized spacial score (nSPS) is 9.50. The summed E-state index contributed by atoms with van der Waals surface area (Å²) in [5.41, 5.74) is 6.00. The molecule has 0 fully saturated rings. The van der Waals surface area contributed by atoms with E-state index in [9.17, 15) is 9.59 Å². The van der Waals surface area contributed by atoms with Gasteiger partial charge in [-0.05, 0) is 18.4 Å². The van der Waals surface area contributed by atoms with Crippen molar-refractivity contribution in [3.63, 3.8) is 0 Å². The Balaban J connectivity index is 2.13. The summed E-state index contributed by atoms with van der Waals surface area (Å²) in [5.74, 6) is 0. The van der Waals surface area contributed by atoms with Gasteiger partial charge in [0.05, 0.1) is 0 Å². The number of urea groups is 2. The molecule has 0 bridgehead atoms. The second kappa shape index (κ2) is 6.44. The second-order valence-corrected chi connectivity index (χ2v) is 3.33. The molecule has 86 valence electrons. The number of hydrogen-bond acceptors (Lipinski definition) is 2. The minimum Gasteiger partial charge on any atom is -0.351 e. The molecule has 0 heterocycles. The van der Waals surface area contributed by atoms with Gasteiger partial charge in [-0.25, -0.2) is 9.59 Å². The van der Waals surface area contributed by atoms with Gasteiger partial charge in [-0.2, -0.15) is 0 Å². The van der Waals surface area contributed by atoms with E-state index in [1.165, 1.54) is 5.56 Å². The lowest BCUT2D eigenvalue weighted by atomic mass is 10.1. The highest BCUT2D eigenvalue weighted by atomic mass is 16.2. The van der Waals surface area contributed by atoms with Crippen LogP contribution in [0.5, 0.6) is 0 Å². The number of carbonyl (C=O) groups excluding carboxylic acids is 2. The van der Waals surface area contributed by atoms with Crippen molar-refractivity contribution in [1.29, 1.82) is 0 Å². The molecule has 5 heteroatoms. The SMILES string of the molecule is NC(=O)NC(=O)NCCCc1ccccc1. The number of nitrogens with one attached hydrogen (secondary N) is 2. The third-order valence-corrected chi connectivity index (χ3v) is 2.01. The molecule has 1 aromatic rings. The van der Waals surface area contributed by atoms with E-state index in [2.05, 4.69) is 5.32 Å². The minimum absolute atomic E-state index is 0.508. The molecule has 0 aliphatic heterocycles. The molecule has 0 radical (unpaired) electrons. The van der Waals surface area contributed by atoms with Gasteiger partial charge in [0.25, 0.3) is 0 Å². The van der Waals surface area contributed by atoms with Gasteiger partial charge in [-0.15, -0.1) is 0 Å². The Bertz CT molecular complexity index is 352. The highest BCUT2D eigenvalue weighted by molar-refractivity contribution is 5.92. The van der Waals surface area contributed by atoms with E-state index in [1.807, 2.05) is 35.6 Å². The molecule has 0 spiro atoms. The van der Waals surface area contributed by atoms with Gasteiger partial charge in [0, 0.05) is 6.54 Å². The summed E-state index contributed by atoms with van der Waals surface area (Å²) in [6, 6.07) is 8.57. The summed E-state index contributed by atoms with van der Waals surface area (Å²) in [4.78, 5) is 21.3. The van der Waals surface area contributed by atoms with Crippen LogP contribution in [0.4, 0.5) is 9.59 Å². The van der Waals surface area contributed by atoms with Gasteiger partial charge in [0.15, 0.2) is 0 Å². The maximum atomic E-state index is 10.9. The Kier molecular flexibility index (Phi) is 4.85. The van der Waals surface area contributed by atoms with Crippen molar-refractivity contribution in [2.75, 3.05) is 6.54 Å². The largest absolute Gasteiger partial charge is 0.351 e. The van der Waals surface area contributed by atoms with Crippen molar-refractivity contribution in [3.05, 3.63) is 35.9 Å². The molecule has 0 saturated heterocycles. The first kappa shape index (κ1) is 12.0. The lowest BCUT2D eigenvalue weighted by molar-refractivity contribution is 0.231. The summed E-state index contributed by atoms with van der Waals surface area (Å²) in [7, 11) is 0. The predicted octanol–water partition coefficient (Wildman–Crippen LogP) is 0.997. The van der Waals surface area contributed by atoms with Crippen molar-refractivity contribution in [3.8, 4) is 0 Å². The first-order valence-corrected chi connectivity index (χ1v) is 5.06. The van der Waals surface area contributed by atoms with Crippen LogP contribution in [0.15, 0.2) is 30.3 Å². The fourth-order valence-electron chi connectivity index (χ4n) is 1.30. The van der Waals surface area contributed by atoms with Crippen LogP contribution in [-0.2, 0) is 6.42 Å². The fraction of sp³-hybridized carbons (Fsp3) is 0.273. The Morgan fingerprint density at radius 2 is 1.88 bits per heavy atom. The van der Waals surface area contributed by atoms with Crippen molar-refractivity contribution in [2.24, 2.45) is 5.73 Å². The standard InChI is InChI=1S/C11H15N3O2/c12-10(15)14-11(16)13-8-4-7-9-5-2-1-3-6-9/h1-3,5-6H,4,7-8H2,(H4,12,13,14,15,16). The average Bonchev–Trinajstić information content (AvgIpc) is 2.25. The Morgan fingerprint density at radius 3 is 2.50 bits per heavy atom. The molecular formula is C11H15N3O2. The number of benzene rings is 1. The minimum atomic E-state index is -0.847. The second-order valence-electron chi connectivity index (χ2n) is 3.33. The van der Waals surface area contributed by atoms with Crippen LogP contribution in [-0.4, -0.2) is 18.6 Å². The van der Waals surface area contributed by atoms with E-state index in [1.54, 1.807) is 0 Å². The lowest BCUT2D eigenvalue weighted by Gasteiger charge is -2.04. The first-order chi connectivity index (χ1) is 7.68. The van der Waals surface area contributed by atoms with Crippen molar-refractivity contribution in [2.45, 2.75) is 12.8 Å². The predicted molar refractivity (Wildman–Crippen MR) is 60.9 cm³/mol. The van der Waals surface area contributed by atoms with Crippen LogP contribution in [0, 0.1) is 0 Å². The first-order valence-electron chi connectivity index (χ1n) is 5.06. The van der Waals surface area contributed by atoms with Crippen LogP contribution in [0.25, 0.3) is 0 Å². The molecule has 1 rings (SSSR count). The van der Waals surface area contributed by atoms with Crippen LogP contribution < -0.4 is 16.4 Å². The smallest absolute Gasteiger partial charge is 0.322 e. The zero-order valence-corrected chi connectivity index (χ0v) is 8.90. The van der Waals surface area contributed by atoms with E-state index in [4.69, 9.17) is 5.73 Å². The van der Waals surface area contributed by atoms with Gasteiger partial charge in [0.2, 0.25) is 0 Å². The Labute approximate surface area is 94.0 Å². The molecule has 0 aromatic heterocycles. The van der Waals surface area contributed by atoms with Gasteiger partial charge in [-0.3, -0.25) is 5.32 Å². The zero-order valence-electron chi connectivity index (χ0n) is 8.90. The molecule has 0 aliphatic rings. The molecule has 5 nitrogen and oxygen atoms in total. The summed E-state index contributed by atoms with van der Waals surface area (Å²) in [6.07, 6.45) is 1.70. The number of nitrogens with two attached hydrogens (primary N) is 1. The van der Waals surface area contributed by atoms with Gasteiger partial charge in [-0.1, -0.05) is 30.3 Å². The summed E-state index contributed by atoms with van der Waals surface area (Å²) in [6.45, 7) is 0.508. The van der Waals surface area contributed by atoms with Crippen LogP contribution >= 0.6 is 0 Å². The number of rotatable bonds is 4. The van der Waals surface area contributed by atoms with Gasteiger partial charge >= 0.3 is 12.1 Å². The molecule has 0 saturated carbocycles. The molecular weight excluding hydrogens is 206 g/mol. The van der Waals surface area contributed by atoms with Crippen molar-refractivity contribution in [1.82, 2.24) is 10.6 Å². The van der Waals surface area contributed by atoms with E-state index in [-0.39, 0.29) is 0 Å². The number of imide groups is 1. The van der Waals surface area contributed by atoms with E-state index >= 15 is 0 Å². The molecule has 4 N–H and O–H groups in total. The third-order valence-electron chi connectivity index (χ3n) is 2.01.